The number of nitrogens with zero attached hydrogens (tertiary/aromatic N) is 3. The molecule has 0 amide bonds. The summed E-state index contributed by atoms with van der Waals surface area (Å²) in [5, 5.41) is 12.4. The first-order chi connectivity index (χ1) is 7.15. The lowest BCUT2D eigenvalue weighted by Gasteiger charge is -2.09. The molecule has 0 bridgehead atoms. The molecule has 1 heterocycles. The molecule has 15 heavy (non-hydrogen) atoms. The van der Waals surface area contributed by atoms with Gasteiger partial charge in [-0.1, -0.05) is 5.16 Å². The standard InChI is InChI=1S/C9H13N3O3/c1-12(5-8(13)14)4-7-10-9(15-11-7)6-2-3-6/h6H,2-5H2,1H3,(H,13,14). The Labute approximate surface area is 86.9 Å². The fourth-order valence-electron chi connectivity index (χ4n) is 1.36. The number of aromatic nitrogens is 2. The molecule has 0 unspecified atom stereocenters. The Hall–Kier alpha value is -1.43. The summed E-state index contributed by atoms with van der Waals surface area (Å²) in [7, 11) is 1.71. The highest BCUT2D eigenvalue weighted by Crippen LogP contribution is 2.38. The number of hydrogen-bond acceptors (Lipinski definition) is 5. The number of carboxylic acid groups (broad SMARTS) is 1. The fraction of sp³-hybridized carbons (Fsp3) is 0.667. The lowest BCUT2D eigenvalue weighted by atomic mass is 10.4. The summed E-state index contributed by atoms with van der Waals surface area (Å²) in [6.45, 7) is 0.385. The summed E-state index contributed by atoms with van der Waals surface area (Å²) >= 11 is 0. The molecule has 2 rings (SSSR count). The highest BCUT2D eigenvalue weighted by molar-refractivity contribution is 5.68. The number of carboxylic acids is 1. The Bertz CT molecular complexity index is 359. The maximum Gasteiger partial charge on any atom is 0.317 e. The van der Waals surface area contributed by atoms with E-state index in [0.717, 1.165) is 12.8 Å². The Morgan fingerprint density at radius 2 is 2.40 bits per heavy atom. The largest absolute Gasteiger partial charge is 0.480 e. The second-order valence-corrected chi connectivity index (χ2v) is 3.89. The monoisotopic (exact) mass is 211 g/mol. The van der Waals surface area contributed by atoms with Crippen molar-refractivity contribution >= 4 is 5.97 Å². The van der Waals surface area contributed by atoms with Crippen molar-refractivity contribution in [3.63, 3.8) is 0 Å². The van der Waals surface area contributed by atoms with E-state index >= 15 is 0 Å². The summed E-state index contributed by atoms with van der Waals surface area (Å²) in [6, 6.07) is 0. The summed E-state index contributed by atoms with van der Waals surface area (Å²) in [6.07, 6.45) is 2.24. The lowest BCUT2D eigenvalue weighted by molar-refractivity contribution is -0.138. The van der Waals surface area contributed by atoms with Crippen LogP contribution in [-0.2, 0) is 11.3 Å². The molecule has 0 spiro atoms. The van der Waals surface area contributed by atoms with Gasteiger partial charge in [-0.05, 0) is 19.9 Å². The average Bonchev–Trinajstić information content (AvgIpc) is 2.87. The maximum absolute atomic E-state index is 10.4. The van der Waals surface area contributed by atoms with Gasteiger partial charge in [0.25, 0.3) is 0 Å². The molecule has 1 N–H and O–H groups in total. The third-order valence-electron chi connectivity index (χ3n) is 2.23. The van der Waals surface area contributed by atoms with E-state index in [1.807, 2.05) is 0 Å². The SMILES string of the molecule is CN(CC(=O)O)Cc1noc(C2CC2)n1. The molecule has 6 heteroatoms. The normalized spacial score (nSPS) is 15.9. The zero-order valence-corrected chi connectivity index (χ0v) is 8.51. The van der Waals surface area contributed by atoms with Crippen LogP contribution in [0.3, 0.4) is 0 Å². The molecule has 0 aliphatic heterocycles. The summed E-state index contributed by atoms with van der Waals surface area (Å²) in [4.78, 5) is 16.3. The molecule has 1 aliphatic rings. The van der Waals surface area contributed by atoms with Crippen molar-refractivity contribution in [1.82, 2.24) is 15.0 Å². The predicted octanol–water partition coefficient (Wildman–Crippen LogP) is 0.463. The Kier molecular flexibility index (Phi) is 2.68. The Morgan fingerprint density at radius 1 is 1.67 bits per heavy atom. The molecule has 0 aromatic carbocycles. The smallest absolute Gasteiger partial charge is 0.317 e. The minimum atomic E-state index is -0.858. The molecule has 1 fully saturated rings. The molecule has 1 aromatic heterocycles. The molecule has 1 saturated carbocycles. The van der Waals surface area contributed by atoms with E-state index < -0.39 is 5.97 Å². The molecule has 6 nitrogen and oxygen atoms in total. The maximum atomic E-state index is 10.4. The van der Waals surface area contributed by atoms with Crippen LogP contribution in [0, 0.1) is 0 Å². The topological polar surface area (TPSA) is 79.5 Å². The van der Waals surface area contributed by atoms with Gasteiger partial charge >= 0.3 is 5.97 Å². The fourth-order valence-corrected chi connectivity index (χ4v) is 1.36. The zero-order chi connectivity index (χ0) is 10.8. The van der Waals surface area contributed by atoms with Crippen LogP contribution in [0.4, 0.5) is 0 Å². The van der Waals surface area contributed by atoms with Crippen LogP contribution >= 0.6 is 0 Å². The molecule has 0 radical (unpaired) electrons. The molecule has 0 atom stereocenters. The van der Waals surface area contributed by atoms with E-state index in [9.17, 15) is 4.79 Å². The van der Waals surface area contributed by atoms with Crippen molar-refractivity contribution in [2.45, 2.75) is 25.3 Å². The van der Waals surface area contributed by atoms with Gasteiger partial charge in [0.15, 0.2) is 5.82 Å². The van der Waals surface area contributed by atoms with Crippen LogP contribution < -0.4 is 0 Å². The van der Waals surface area contributed by atoms with Crippen molar-refractivity contribution in [1.29, 1.82) is 0 Å². The zero-order valence-electron chi connectivity index (χ0n) is 8.51. The molecular formula is C9H13N3O3. The highest BCUT2D eigenvalue weighted by atomic mass is 16.5. The molecule has 1 aromatic rings. The number of rotatable bonds is 5. The van der Waals surface area contributed by atoms with Crippen LogP contribution in [0.5, 0.6) is 0 Å². The van der Waals surface area contributed by atoms with Gasteiger partial charge in [-0.3, -0.25) is 9.69 Å². The van der Waals surface area contributed by atoms with Crippen molar-refractivity contribution < 1.29 is 14.4 Å². The van der Waals surface area contributed by atoms with Gasteiger partial charge in [-0.25, -0.2) is 0 Å². The van der Waals surface area contributed by atoms with E-state index in [2.05, 4.69) is 10.1 Å². The Balaban J connectivity index is 1.89. The van der Waals surface area contributed by atoms with E-state index in [-0.39, 0.29) is 6.54 Å². The van der Waals surface area contributed by atoms with E-state index in [1.54, 1.807) is 11.9 Å². The molecule has 0 saturated heterocycles. The number of hydrogen-bond donors (Lipinski definition) is 1. The second kappa shape index (κ2) is 3.98. The van der Waals surface area contributed by atoms with Gasteiger partial charge in [-0.15, -0.1) is 0 Å². The second-order valence-electron chi connectivity index (χ2n) is 3.89. The van der Waals surface area contributed by atoms with Crippen LogP contribution in [-0.4, -0.2) is 39.7 Å². The minimum absolute atomic E-state index is 0.0205. The Morgan fingerprint density at radius 3 is 3.00 bits per heavy atom. The van der Waals surface area contributed by atoms with Crippen molar-refractivity contribution in [3.05, 3.63) is 11.7 Å². The van der Waals surface area contributed by atoms with Crippen molar-refractivity contribution in [2.75, 3.05) is 13.6 Å². The van der Waals surface area contributed by atoms with E-state index in [4.69, 9.17) is 9.63 Å². The third kappa shape index (κ3) is 2.76. The van der Waals surface area contributed by atoms with Crippen LogP contribution in [0.2, 0.25) is 0 Å². The highest BCUT2D eigenvalue weighted by Gasteiger charge is 2.29. The summed E-state index contributed by atoms with van der Waals surface area (Å²) in [5.41, 5.74) is 0. The van der Waals surface area contributed by atoms with Gasteiger partial charge in [0.2, 0.25) is 5.89 Å². The van der Waals surface area contributed by atoms with Gasteiger partial charge in [0.05, 0.1) is 13.1 Å². The van der Waals surface area contributed by atoms with Crippen molar-refractivity contribution in [3.8, 4) is 0 Å². The quantitative estimate of drug-likeness (QED) is 0.762. The first kappa shape index (κ1) is 10.1. The third-order valence-corrected chi connectivity index (χ3v) is 2.23. The number of carbonyl (C=O) groups is 1. The lowest BCUT2D eigenvalue weighted by Crippen LogP contribution is -2.25. The van der Waals surface area contributed by atoms with Gasteiger partial charge in [0.1, 0.15) is 0 Å². The van der Waals surface area contributed by atoms with Crippen LogP contribution in [0.25, 0.3) is 0 Å². The van der Waals surface area contributed by atoms with Gasteiger partial charge in [-0.2, -0.15) is 4.98 Å². The van der Waals surface area contributed by atoms with Gasteiger partial charge < -0.3 is 9.63 Å². The minimum Gasteiger partial charge on any atom is -0.480 e. The molecule has 82 valence electrons. The average molecular weight is 211 g/mol. The molecular weight excluding hydrogens is 198 g/mol. The number of likely N-dealkylation sites (N-methyl/N-ethyl adjacent to an activating group) is 1. The van der Waals surface area contributed by atoms with Crippen LogP contribution in [0.1, 0.15) is 30.5 Å². The first-order valence-corrected chi connectivity index (χ1v) is 4.88. The van der Waals surface area contributed by atoms with Gasteiger partial charge in [0, 0.05) is 5.92 Å². The van der Waals surface area contributed by atoms with Crippen molar-refractivity contribution in [2.24, 2.45) is 0 Å². The molecule has 1 aliphatic carbocycles. The first-order valence-electron chi connectivity index (χ1n) is 4.88. The van der Waals surface area contributed by atoms with E-state index in [0.29, 0.717) is 24.2 Å². The number of aliphatic carboxylic acids is 1. The van der Waals surface area contributed by atoms with E-state index in [1.165, 1.54) is 0 Å². The van der Waals surface area contributed by atoms with Crippen LogP contribution in [0.15, 0.2) is 4.52 Å². The summed E-state index contributed by atoms with van der Waals surface area (Å²) in [5.74, 6) is 0.828. The summed E-state index contributed by atoms with van der Waals surface area (Å²) < 4.78 is 5.06. The predicted molar refractivity (Wildman–Crippen MR) is 50.2 cm³/mol.